The number of pyridine rings is 1. The lowest BCUT2D eigenvalue weighted by atomic mass is 9.96. The molecule has 0 spiro atoms. The Hall–Kier alpha value is -1.74. The quantitative estimate of drug-likeness (QED) is 0.868. The molecular weight excluding hydrogens is 263 g/mol. The van der Waals surface area contributed by atoms with Crippen molar-refractivity contribution in [1.29, 1.82) is 0 Å². The average Bonchev–Trinajstić information content (AvgIpc) is 2.49. The molecule has 0 aliphatic carbocycles. The van der Waals surface area contributed by atoms with Gasteiger partial charge in [0.05, 0.1) is 11.7 Å². The maximum absolute atomic E-state index is 13.2. The maximum atomic E-state index is 13.2. The summed E-state index contributed by atoms with van der Waals surface area (Å²) in [7, 11) is 0. The number of likely N-dealkylation sites (N-methyl/N-ethyl adjacent to an activating group) is 1. The summed E-state index contributed by atoms with van der Waals surface area (Å²) in [6.45, 7) is 7.08. The number of hydrogen-bond donors (Lipinski definition) is 1. The summed E-state index contributed by atoms with van der Waals surface area (Å²) in [5.41, 5.74) is 4.52. The van der Waals surface area contributed by atoms with Crippen LogP contribution >= 0.6 is 0 Å². The molecule has 112 valence electrons. The van der Waals surface area contributed by atoms with Gasteiger partial charge in [-0.25, -0.2) is 4.39 Å². The van der Waals surface area contributed by atoms with Crippen molar-refractivity contribution >= 4 is 0 Å². The third-order valence-electron chi connectivity index (χ3n) is 3.82. The molecule has 2 rings (SSSR count). The van der Waals surface area contributed by atoms with Crippen molar-refractivity contribution in [2.45, 2.75) is 39.7 Å². The van der Waals surface area contributed by atoms with Crippen molar-refractivity contribution in [2.24, 2.45) is 0 Å². The number of aromatic nitrogens is 1. The summed E-state index contributed by atoms with van der Waals surface area (Å²) >= 11 is 0. The predicted molar refractivity (Wildman–Crippen MR) is 84.9 cm³/mol. The van der Waals surface area contributed by atoms with Gasteiger partial charge < -0.3 is 5.32 Å². The summed E-state index contributed by atoms with van der Waals surface area (Å²) in [5.74, 6) is -0.177. The number of rotatable bonds is 6. The minimum Gasteiger partial charge on any atom is -0.309 e. The van der Waals surface area contributed by atoms with Gasteiger partial charge in [0.25, 0.3) is 0 Å². The summed E-state index contributed by atoms with van der Waals surface area (Å²) in [5, 5.41) is 3.51. The Balaban J connectivity index is 2.30. The molecule has 1 N–H and O–H groups in total. The monoisotopic (exact) mass is 286 g/mol. The molecule has 1 aromatic carbocycles. The Kier molecular flexibility index (Phi) is 5.45. The number of halogens is 1. The molecule has 2 nitrogen and oxygen atoms in total. The molecule has 0 amide bonds. The summed E-state index contributed by atoms with van der Waals surface area (Å²) in [4.78, 5) is 4.58. The number of hydrogen-bond acceptors (Lipinski definition) is 2. The first-order chi connectivity index (χ1) is 10.2. The van der Waals surface area contributed by atoms with Crippen LogP contribution in [0.2, 0.25) is 0 Å². The fourth-order valence-electron chi connectivity index (χ4n) is 2.68. The summed E-state index contributed by atoms with van der Waals surface area (Å²) in [6.07, 6.45) is 3.63. The van der Waals surface area contributed by atoms with E-state index in [1.54, 1.807) is 6.07 Å². The van der Waals surface area contributed by atoms with Gasteiger partial charge in [0.1, 0.15) is 5.82 Å². The second-order valence-corrected chi connectivity index (χ2v) is 5.29. The van der Waals surface area contributed by atoms with Crippen molar-refractivity contribution in [1.82, 2.24) is 10.3 Å². The van der Waals surface area contributed by atoms with E-state index in [1.807, 2.05) is 25.3 Å². The van der Waals surface area contributed by atoms with Crippen LogP contribution < -0.4 is 5.32 Å². The van der Waals surface area contributed by atoms with Crippen LogP contribution in [0.4, 0.5) is 4.39 Å². The second kappa shape index (κ2) is 7.32. The highest BCUT2D eigenvalue weighted by atomic mass is 19.1. The van der Waals surface area contributed by atoms with Crippen LogP contribution in [0.25, 0.3) is 0 Å². The Morgan fingerprint density at radius 3 is 2.67 bits per heavy atom. The molecule has 0 saturated carbocycles. The van der Waals surface area contributed by atoms with Gasteiger partial charge in [-0.1, -0.05) is 26.0 Å². The molecule has 1 aromatic heterocycles. The Bertz CT molecular complexity index is 596. The average molecular weight is 286 g/mol. The van der Waals surface area contributed by atoms with Crippen LogP contribution in [0.1, 0.15) is 42.3 Å². The van der Waals surface area contributed by atoms with E-state index in [2.05, 4.69) is 30.2 Å². The Labute approximate surface area is 126 Å². The van der Waals surface area contributed by atoms with Crippen LogP contribution in [0.15, 0.2) is 36.5 Å². The lowest BCUT2D eigenvalue weighted by Crippen LogP contribution is -2.25. The first-order valence-electron chi connectivity index (χ1n) is 7.57. The van der Waals surface area contributed by atoms with Gasteiger partial charge in [-0.15, -0.1) is 0 Å². The summed E-state index contributed by atoms with van der Waals surface area (Å²) in [6, 6.07) is 9.28. The minimum absolute atomic E-state index is 0.162. The third-order valence-corrected chi connectivity index (χ3v) is 3.82. The molecule has 21 heavy (non-hydrogen) atoms. The lowest BCUT2D eigenvalue weighted by molar-refractivity contribution is 0.530. The van der Waals surface area contributed by atoms with E-state index < -0.39 is 0 Å². The van der Waals surface area contributed by atoms with Gasteiger partial charge in [0.15, 0.2) is 0 Å². The van der Waals surface area contributed by atoms with Gasteiger partial charge >= 0.3 is 0 Å². The molecule has 0 aliphatic rings. The molecule has 2 aromatic rings. The van der Waals surface area contributed by atoms with Crippen LogP contribution in [0.3, 0.4) is 0 Å². The van der Waals surface area contributed by atoms with E-state index in [4.69, 9.17) is 0 Å². The van der Waals surface area contributed by atoms with Gasteiger partial charge in [-0.3, -0.25) is 4.98 Å². The molecule has 1 heterocycles. The molecule has 0 bridgehead atoms. The standard InChI is InChI=1S/C18H23FN2/c1-4-14-7-6-10-21-18(14)17(20-5-2)12-15-8-9-16(19)11-13(15)3/h6-11,17,20H,4-5,12H2,1-3H3. The van der Waals surface area contributed by atoms with Gasteiger partial charge in [0, 0.05) is 6.20 Å². The normalized spacial score (nSPS) is 12.4. The van der Waals surface area contributed by atoms with Gasteiger partial charge in [-0.2, -0.15) is 0 Å². The lowest BCUT2D eigenvalue weighted by Gasteiger charge is -2.21. The van der Waals surface area contributed by atoms with Crippen molar-refractivity contribution in [3.8, 4) is 0 Å². The largest absolute Gasteiger partial charge is 0.309 e. The highest BCUT2D eigenvalue weighted by Gasteiger charge is 2.16. The number of aryl methyl sites for hydroxylation is 2. The van der Waals surface area contributed by atoms with E-state index in [1.165, 1.54) is 11.6 Å². The molecule has 1 unspecified atom stereocenters. The predicted octanol–water partition coefficient (Wildman–Crippen LogP) is 3.98. The molecule has 0 radical (unpaired) electrons. The smallest absolute Gasteiger partial charge is 0.123 e. The molecular formula is C18H23FN2. The first-order valence-corrected chi connectivity index (χ1v) is 7.57. The van der Waals surface area contributed by atoms with Gasteiger partial charge in [0.2, 0.25) is 0 Å². The van der Waals surface area contributed by atoms with Crippen LogP contribution in [-0.4, -0.2) is 11.5 Å². The fraction of sp³-hybridized carbons (Fsp3) is 0.389. The van der Waals surface area contributed by atoms with E-state index >= 15 is 0 Å². The second-order valence-electron chi connectivity index (χ2n) is 5.29. The minimum atomic E-state index is -0.177. The SMILES string of the molecule is CCNC(Cc1ccc(F)cc1C)c1ncccc1CC. The molecule has 0 saturated heterocycles. The molecule has 1 atom stereocenters. The van der Waals surface area contributed by atoms with Crippen LogP contribution in [-0.2, 0) is 12.8 Å². The number of nitrogens with zero attached hydrogens (tertiary/aromatic N) is 1. The highest BCUT2D eigenvalue weighted by molar-refractivity contribution is 5.30. The summed E-state index contributed by atoms with van der Waals surface area (Å²) < 4.78 is 13.2. The Morgan fingerprint density at radius 2 is 2.00 bits per heavy atom. The van der Waals surface area contributed by atoms with Crippen molar-refractivity contribution < 1.29 is 4.39 Å². The van der Waals surface area contributed by atoms with Crippen LogP contribution in [0, 0.1) is 12.7 Å². The topological polar surface area (TPSA) is 24.9 Å². The third kappa shape index (κ3) is 3.88. The fourth-order valence-corrected chi connectivity index (χ4v) is 2.68. The molecule has 3 heteroatoms. The van der Waals surface area contributed by atoms with Crippen molar-refractivity contribution in [2.75, 3.05) is 6.54 Å². The van der Waals surface area contributed by atoms with E-state index in [9.17, 15) is 4.39 Å². The van der Waals surface area contributed by atoms with Crippen molar-refractivity contribution in [3.63, 3.8) is 0 Å². The highest BCUT2D eigenvalue weighted by Crippen LogP contribution is 2.22. The van der Waals surface area contributed by atoms with Crippen molar-refractivity contribution in [3.05, 3.63) is 64.7 Å². The number of benzene rings is 1. The van der Waals surface area contributed by atoms with Crippen LogP contribution in [0.5, 0.6) is 0 Å². The van der Waals surface area contributed by atoms with E-state index in [0.717, 1.165) is 36.2 Å². The Morgan fingerprint density at radius 1 is 1.19 bits per heavy atom. The molecule has 0 aliphatic heterocycles. The van der Waals surface area contributed by atoms with Gasteiger partial charge in [-0.05, 0) is 61.2 Å². The number of nitrogens with one attached hydrogen (secondary N) is 1. The molecule has 0 fully saturated rings. The zero-order valence-corrected chi connectivity index (χ0v) is 13.0. The maximum Gasteiger partial charge on any atom is 0.123 e. The zero-order chi connectivity index (χ0) is 15.2. The van der Waals surface area contributed by atoms with E-state index in [0.29, 0.717) is 0 Å². The zero-order valence-electron chi connectivity index (χ0n) is 13.0. The first kappa shape index (κ1) is 15.6. The van der Waals surface area contributed by atoms with E-state index in [-0.39, 0.29) is 11.9 Å².